The van der Waals surface area contributed by atoms with Gasteiger partial charge in [0.2, 0.25) is 0 Å². The van der Waals surface area contributed by atoms with Gasteiger partial charge in [0, 0.05) is 48.6 Å². The standard InChI is InChI=1S/C74H63BN2S/c1-72(2,3)49-35-39-63(59(43-49)48-34-38-58-56-28-17-16-26-54(56)55-27-18-19-29-57(55)60(58)42-48)76-64-40-36-51(74(7,8)9)45-62(64)75-68-65(76)32-21-33-66(68)77(70-61-44-50(73(4,5)6)37-41-67(61)78-71(70)75)69-52(46-22-12-10-13-23-46)30-20-31-53(69)47-24-14-11-15-25-47/h10-45H,1-9H3. The molecule has 0 atom stereocenters. The van der Waals surface area contributed by atoms with Crippen LogP contribution in [0.3, 0.4) is 0 Å². The Morgan fingerprint density at radius 1 is 0.321 bits per heavy atom. The highest BCUT2D eigenvalue weighted by atomic mass is 32.1. The van der Waals surface area contributed by atoms with Crippen LogP contribution in [-0.4, -0.2) is 6.71 Å². The van der Waals surface area contributed by atoms with Crippen LogP contribution in [0.15, 0.2) is 218 Å². The van der Waals surface area contributed by atoms with Gasteiger partial charge in [0.1, 0.15) is 0 Å². The second-order valence-electron chi connectivity index (χ2n) is 24.9. The van der Waals surface area contributed by atoms with Crippen molar-refractivity contribution in [1.82, 2.24) is 0 Å². The summed E-state index contributed by atoms with van der Waals surface area (Å²) in [6.45, 7) is 21.1. The maximum Gasteiger partial charge on any atom is 0.264 e. The first-order chi connectivity index (χ1) is 37.6. The van der Waals surface area contributed by atoms with Gasteiger partial charge >= 0.3 is 0 Å². The first-order valence-corrected chi connectivity index (χ1v) is 28.6. The number of hydrogen-bond acceptors (Lipinski definition) is 3. The molecular weight excluding hydrogens is 960 g/mol. The van der Waals surface area contributed by atoms with Crippen LogP contribution in [0.2, 0.25) is 0 Å². The van der Waals surface area contributed by atoms with E-state index in [9.17, 15) is 0 Å². The summed E-state index contributed by atoms with van der Waals surface area (Å²) in [5, 5.41) is 8.98. The molecule has 12 aromatic rings. The number of benzene rings is 11. The topological polar surface area (TPSA) is 6.48 Å². The van der Waals surface area contributed by atoms with Crippen molar-refractivity contribution in [2.24, 2.45) is 0 Å². The smallest absolute Gasteiger partial charge is 0.264 e. The molecule has 0 unspecified atom stereocenters. The van der Waals surface area contributed by atoms with E-state index in [0.29, 0.717) is 0 Å². The van der Waals surface area contributed by atoms with E-state index in [1.807, 2.05) is 11.3 Å². The second kappa shape index (κ2) is 17.7. The molecule has 0 saturated carbocycles. The Bertz CT molecular complexity index is 4300. The van der Waals surface area contributed by atoms with E-state index in [-0.39, 0.29) is 23.0 Å². The van der Waals surface area contributed by atoms with Crippen LogP contribution in [0, 0.1) is 0 Å². The fourth-order valence-electron chi connectivity index (χ4n) is 12.8. The van der Waals surface area contributed by atoms with Gasteiger partial charge in [0.05, 0.1) is 17.1 Å². The van der Waals surface area contributed by atoms with E-state index >= 15 is 0 Å². The fourth-order valence-corrected chi connectivity index (χ4v) is 14.1. The van der Waals surface area contributed by atoms with Crippen molar-refractivity contribution in [2.75, 3.05) is 9.80 Å². The maximum absolute atomic E-state index is 2.69. The second-order valence-corrected chi connectivity index (χ2v) is 26.0. The minimum atomic E-state index is -0.0843. The molecule has 4 heteroatoms. The summed E-state index contributed by atoms with van der Waals surface area (Å²) in [6.07, 6.45) is 0. The average molecular weight is 1020 g/mol. The van der Waals surface area contributed by atoms with Crippen LogP contribution >= 0.6 is 11.3 Å². The van der Waals surface area contributed by atoms with Crippen LogP contribution in [-0.2, 0) is 16.2 Å². The first-order valence-electron chi connectivity index (χ1n) is 27.8. The molecular formula is C74H63BN2S. The molecule has 378 valence electrons. The monoisotopic (exact) mass is 1020 g/mol. The molecule has 0 spiro atoms. The van der Waals surface area contributed by atoms with Crippen LogP contribution in [0.4, 0.5) is 34.1 Å². The van der Waals surface area contributed by atoms with Crippen molar-refractivity contribution in [3.05, 3.63) is 235 Å². The lowest BCUT2D eigenvalue weighted by atomic mass is 9.36. The fraction of sp³-hybridized carbons (Fsp3) is 0.162. The Labute approximate surface area is 464 Å². The predicted molar refractivity (Wildman–Crippen MR) is 341 cm³/mol. The third kappa shape index (κ3) is 7.59. The van der Waals surface area contributed by atoms with Gasteiger partial charge in [0.25, 0.3) is 6.71 Å². The van der Waals surface area contributed by atoms with E-state index in [0.717, 1.165) is 0 Å². The number of nitrogens with zero attached hydrogens (tertiary/aromatic N) is 2. The minimum Gasteiger partial charge on any atom is -0.311 e. The summed E-state index contributed by atoms with van der Waals surface area (Å²) in [7, 11) is 0. The molecule has 0 amide bonds. The van der Waals surface area contributed by atoms with E-state index < -0.39 is 0 Å². The van der Waals surface area contributed by atoms with Gasteiger partial charge in [-0.2, -0.15) is 0 Å². The SMILES string of the molecule is CC(C)(C)c1ccc2c(c1)B1c3sc4ccc(C(C)(C)C)cc4c3N(c3c(-c4ccccc4)cccc3-c3ccccc3)c3cccc(c31)N2c1ccc(C(C)(C)C)cc1-c1ccc2c3ccccc3c3ccccc3c2c1. The zero-order chi connectivity index (χ0) is 53.4. The van der Waals surface area contributed by atoms with Gasteiger partial charge in [-0.05, 0) is 141 Å². The van der Waals surface area contributed by atoms with Gasteiger partial charge in [-0.25, -0.2) is 0 Å². The molecule has 0 fully saturated rings. The summed E-state index contributed by atoms with van der Waals surface area (Å²) in [5.41, 5.74) is 20.9. The van der Waals surface area contributed by atoms with Crippen molar-refractivity contribution < 1.29 is 0 Å². The molecule has 0 saturated heterocycles. The largest absolute Gasteiger partial charge is 0.311 e. The normalized spacial score (nSPS) is 13.4. The van der Waals surface area contributed by atoms with Crippen LogP contribution in [0.5, 0.6) is 0 Å². The lowest BCUT2D eigenvalue weighted by Gasteiger charge is -2.44. The van der Waals surface area contributed by atoms with Crippen molar-refractivity contribution >= 4 is 110 Å². The number of anilines is 6. The maximum atomic E-state index is 2.69. The van der Waals surface area contributed by atoms with Crippen molar-refractivity contribution in [3.8, 4) is 33.4 Å². The van der Waals surface area contributed by atoms with Crippen molar-refractivity contribution in [2.45, 2.75) is 78.6 Å². The minimum absolute atomic E-state index is 0.0341. The molecule has 2 nitrogen and oxygen atoms in total. The molecule has 11 aromatic carbocycles. The Morgan fingerprint density at radius 3 is 1.40 bits per heavy atom. The number of rotatable bonds is 5. The molecule has 14 rings (SSSR count). The summed E-state index contributed by atoms with van der Waals surface area (Å²) in [4.78, 5) is 5.33. The molecule has 78 heavy (non-hydrogen) atoms. The zero-order valence-electron chi connectivity index (χ0n) is 46.2. The summed E-state index contributed by atoms with van der Waals surface area (Å²) >= 11 is 1.98. The number of fused-ring (bicyclic) bond motifs is 12. The summed E-state index contributed by atoms with van der Waals surface area (Å²) < 4.78 is 2.68. The van der Waals surface area contributed by atoms with Crippen LogP contribution in [0.25, 0.3) is 75.8 Å². The highest BCUT2D eigenvalue weighted by Crippen LogP contribution is 2.54. The third-order valence-electron chi connectivity index (χ3n) is 16.9. The van der Waals surface area contributed by atoms with Crippen LogP contribution in [0.1, 0.15) is 79.0 Å². The van der Waals surface area contributed by atoms with Gasteiger partial charge in [-0.15, -0.1) is 11.3 Å². The Hall–Kier alpha value is -8.18. The summed E-state index contributed by atoms with van der Waals surface area (Å²) in [5.74, 6) is 0. The van der Waals surface area contributed by atoms with E-state index in [1.165, 1.54) is 142 Å². The lowest BCUT2D eigenvalue weighted by Crippen LogP contribution is -2.60. The quantitative estimate of drug-likeness (QED) is 0.125. The molecule has 3 heterocycles. The number of hydrogen-bond donors (Lipinski definition) is 0. The van der Waals surface area contributed by atoms with E-state index in [1.54, 1.807) is 0 Å². The highest BCUT2D eigenvalue weighted by Gasteiger charge is 2.47. The number of para-hydroxylation sites is 1. The van der Waals surface area contributed by atoms with E-state index in [4.69, 9.17) is 0 Å². The first kappa shape index (κ1) is 48.2. The molecule has 2 aliphatic rings. The molecule has 0 radical (unpaired) electrons. The average Bonchev–Trinajstić information content (AvgIpc) is 4.02. The molecule has 0 N–H and O–H groups in total. The van der Waals surface area contributed by atoms with Gasteiger partial charge in [-0.3, -0.25) is 0 Å². The Morgan fingerprint density at radius 2 is 0.808 bits per heavy atom. The Balaban J connectivity index is 1.10. The highest BCUT2D eigenvalue weighted by molar-refractivity contribution is 7.33. The molecule has 1 aromatic heterocycles. The zero-order valence-corrected chi connectivity index (χ0v) is 47.0. The third-order valence-corrected chi connectivity index (χ3v) is 18.1. The molecule has 0 aliphatic carbocycles. The molecule has 0 bridgehead atoms. The lowest BCUT2D eigenvalue weighted by molar-refractivity contribution is 0.590. The summed E-state index contributed by atoms with van der Waals surface area (Å²) in [6, 6.07) is 83.3. The Kier molecular flexibility index (Phi) is 10.9. The van der Waals surface area contributed by atoms with Crippen molar-refractivity contribution in [1.29, 1.82) is 0 Å². The van der Waals surface area contributed by atoms with Gasteiger partial charge in [0.15, 0.2) is 0 Å². The van der Waals surface area contributed by atoms with Gasteiger partial charge < -0.3 is 9.80 Å². The number of thiophene rings is 1. The predicted octanol–water partition coefficient (Wildman–Crippen LogP) is 19.3. The molecule has 2 aliphatic heterocycles. The van der Waals surface area contributed by atoms with E-state index in [2.05, 4.69) is 291 Å². The van der Waals surface area contributed by atoms with Crippen molar-refractivity contribution in [3.63, 3.8) is 0 Å². The van der Waals surface area contributed by atoms with Crippen LogP contribution < -0.4 is 25.5 Å². The van der Waals surface area contributed by atoms with Gasteiger partial charge in [-0.1, -0.05) is 232 Å².